The molecule has 218 valence electrons. The molecule has 12 heteroatoms. The maximum absolute atomic E-state index is 13.3. The van der Waals surface area contributed by atoms with Gasteiger partial charge in [0.15, 0.2) is 0 Å². The molecule has 0 unspecified atom stereocenters. The Morgan fingerprint density at radius 2 is 1.46 bits per heavy atom. The summed E-state index contributed by atoms with van der Waals surface area (Å²) in [7, 11) is 1.47. The topological polar surface area (TPSA) is 138 Å². The zero-order valence-corrected chi connectivity index (χ0v) is 23.7. The molecule has 2 fully saturated rings. The number of carbonyl (C=O) groups is 5. The first-order chi connectivity index (χ1) is 19.4. The smallest absolute Gasteiger partial charge is 0.407 e. The van der Waals surface area contributed by atoms with Gasteiger partial charge >= 0.3 is 12.1 Å². The van der Waals surface area contributed by atoms with Gasteiger partial charge in [0.1, 0.15) is 11.4 Å². The fraction of sp³-hybridized carbons (Fsp3) is 0.414. The molecule has 0 spiro atoms. The minimum absolute atomic E-state index is 0.138. The second kappa shape index (κ2) is 12.3. The van der Waals surface area contributed by atoms with Crippen molar-refractivity contribution < 1.29 is 33.4 Å². The van der Waals surface area contributed by atoms with Crippen molar-refractivity contribution in [2.24, 2.45) is 0 Å². The Morgan fingerprint density at radius 1 is 0.878 bits per heavy atom. The van der Waals surface area contributed by atoms with Gasteiger partial charge in [-0.2, -0.15) is 0 Å². The van der Waals surface area contributed by atoms with Crippen molar-refractivity contribution in [1.82, 2.24) is 20.4 Å². The van der Waals surface area contributed by atoms with Crippen molar-refractivity contribution in [3.63, 3.8) is 0 Å². The number of carbonyl (C=O) groups excluding carboxylic acids is 5. The SMILES string of the molecule is COc1ccc(C(=O)N2CCN(C(=O)c3ccc(CNC(=O)OC(C)(C)C)cc3)CC2)cc1N1CCC(=O)NC1=O. The van der Waals surface area contributed by atoms with Crippen LogP contribution < -0.4 is 20.3 Å². The monoisotopic (exact) mass is 565 g/mol. The van der Waals surface area contributed by atoms with Crippen LogP contribution in [0.15, 0.2) is 42.5 Å². The maximum atomic E-state index is 13.3. The highest BCUT2D eigenvalue weighted by atomic mass is 16.6. The second-order valence-corrected chi connectivity index (χ2v) is 10.8. The molecule has 0 radical (unpaired) electrons. The van der Waals surface area contributed by atoms with Crippen LogP contribution >= 0.6 is 0 Å². The largest absolute Gasteiger partial charge is 0.495 e. The quantitative estimate of drug-likeness (QED) is 0.549. The standard InChI is InChI=1S/C29H35N5O7/c1-29(2,3)41-28(39)30-18-19-5-7-20(8-6-19)25(36)32-13-15-33(16-14-32)26(37)21-9-10-23(40-4)22(17-21)34-12-11-24(35)31-27(34)38/h5-10,17H,11-16,18H2,1-4H3,(H,30,39)(H,31,35,38). The van der Waals surface area contributed by atoms with Gasteiger partial charge in [0.2, 0.25) is 5.91 Å². The average Bonchev–Trinajstić information content (AvgIpc) is 2.94. The summed E-state index contributed by atoms with van der Waals surface area (Å²) in [4.78, 5) is 66.9. The molecule has 2 N–H and O–H groups in total. The number of urea groups is 1. The van der Waals surface area contributed by atoms with Crippen LogP contribution in [0.25, 0.3) is 0 Å². The number of ether oxygens (including phenoxy) is 2. The van der Waals surface area contributed by atoms with Gasteiger partial charge in [-0.1, -0.05) is 12.1 Å². The number of piperazine rings is 1. The average molecular weight is 566 g/mol. The van der Waals surface area contributed by atoms with Gasteiger partial charge < -0.3 is 24.6 Å². The maximum Gasteiger partial charge on any atom is 0.407 e. The number of nitrogens with zero attached hydrogens (tertiary/aromatic N) is 3. The zero-order chi connectivity index (χ0) is 29.7. The minimum Gasteiger partial charge on any atom is -0.495 e. The molecular weight excluding hydrogens is 530 g/mol. The molecule has 0 aromatic heterocycles. The van der Waals surface area contributed by atoms with E-state index in [4.69, 9.17) is 9.47 Å². The predicted octanol–water partition coefficient (Wildman–Crippen LogP) is 2.76. The second-order valence-electron chi connectivity index (χ2n) is 10.8. The third-order valence-corrected chi connectivity index (χ3v) is 6.66. The molecule has 41 heavy (non-hydrogen) atoms. The molecule has 0 saturated carbocycles. The molecule has 4 rings (SSSR count). The van der Waals surface area contributed by atoms with E-state index in [9.17, 15) is 24.0 Å². The van der Waals surface area contributed by atoms with Crippen molar-refractivity contribution in [1.29, 1.82) is 0 Å². The van der Waals surface area contributed by atoms with E-state index >= 15 is 0 Å². The van der Waals surface area contributed by atoms with E-state index in [2.05, 4.69) is 10.6 Å². The first-order valence-electron chi connectivity index (χ1n) is 13.4. The molecule has 2 saturated heterocycles. The molecule has 2 aromatic rings. The van der Waals surface area contributed by atoms with Crippen LogP contribution in [0.1, 0.15) is 53.5 Å². The first-order valence-corrected chi connectivity index (χ1v) is 13.4. The number of amides is 6. The number of methoxy groups -OCH3 is 1. The summed E-state index contributed by atoms with van der Waals surface area (Å²) < 4.78 is 10.6. The van der Waals surface area contributed by atoms with Crippen LogP contribution in [0, 0.1) is 0 Å². The minimum atomic E-state index is -0.583. The van der Waals surface area contributed by atoms with Gasteiger partial charge in [-0.3, -0.25) is 24.6 Å². The zero-order valence-electron chi connectivity index (χ0n) is 23.7. The third-order valence-electron chi connectivity index (χ3n) is 6.66. The lowest BCUT2D eigenvalue weighted by Crippen LogP contribution is -2.51. The van der Waals surface area contributed by atoms with Crippen LogP contribution in [0.2, 0.25) is 0 Å². The van der Waals surface area contributed by atoms with E-state index in [0.29, 0.717) is 48.7 Å². The summed E-state index contributed by atoms with van der Waals surface area (Å²) in [5.41, 5.74) is 1.54. The normalized spacial score (nSPS) is 15.8. The molecule has 0 bridgehead atoms. The van der Waals surface area contributed by atoms with E-state index in [-0.39, 0.29) is 37.2 Å². The lowest BCUT2D eigenvalue weighted by atomic mass is 10.1. The molecule has 2 aliphatic rings. The number of rotatable bonds is 6. The summed E-state index contributed by atoms with van der Waals surface area (Å²) in [6.45, 7) is 7.27. The van der Waals surface area contributed by atoms with Gasteiger partial charge in [0.25, 0.3) is 11.8 Å². The van der Waals surface area contributed by atoms with Crippen molar-refractivity contribution in [3.8, 4) is 5.75 Å². The fourth-order valence-electron chi connectivity index (χ4n) is 4.56. The Labute approximate surface area is 238 Å². The fourth-order valence-corrected chi connectivity index (χ4v) is 4.56. The molecule has 6 amide bonds. The highest BCUT2D eigenvalue weighted by Crippen LogP contribution is 2.31. The van der Waals surface area contributed by atoms with Gasteiger partial charge in [-0.05, 0) is 56.7 Å². The van der Waals surface area contributed by atoms with Gasteiger partial charge in [-0.15, -0.1) is 0 Å². The third kappa shape index (κ3) is 7.33. The van der Waals surface area contributed by atoms with Crippen molar-refractivity contribution in [3.05, 3.63) is 59.2 Å². The summed E-state index contributed by atoms with van der Waals surface area (Å²) in [5, 5.41) is 4.97. The lowest BCUT2D eigenvalue weighted by molar-refractivity contribution is -0.120. The van der Waals surface area contributed by atoms with Crippen LogP contribution in [0.3, 0.4) is 0 Å². The number of benzene rings is 2. The molecule has 2 aromatic carbocycles. The lowest BCUT2D eigenvalue weighted by Gasteiger charge is -2.35. The predicted molar refractivity (Wildman–Crippen MR) is 150 cm³/mol. The molecular formula is C29H35N5O7. The number of alkyl carbamates (subject to hydrolysis) is 1. The van der Waals surface area contributed by atoms with Crippen molar-refractivity contribution in [2.45, 2.75) is 39.3 Å². The van der Waals surface area contributed by atoms with E-state index in [1.165, 1.54) is 12.0 Å². The first kappa shape index (κ1) is 29.4. The highest BCUT2D eigenvalue weighted by molar-refractivity contribution is 6.07. The summed E-state index contributed by atoms with van der Waals surface area (Å²) in [5.74, 6) is -0.304. The summed E-state index contributed by atoms with van der Waals surface area (Å²) >= 11 is 0. The van der Waals surface area contributed by atoms with Crippen LogP contribution in [-0.2, 0) is 16.1 Å². The van der Waals surface area contributed by atoms with Crippen LogP contribution in [0.5, 0.6) is 5.75 Å². The van der Waals surface area contributed by atoms with Crippen molar-refractivity contribution in [2.75, 3.05) is 44.7 Å². The number of hydrogen-bond acceptors (Lipinski definition) is 7. The Kier molecular flexibility index (Phi) is 8.80. The van der Waals surface area contributed by atoms with E-state index in [0.717, 1.165) is 5.56 Å². The highest BCUT2D eigenvalue weighted by Gasteiger charge is 2.29. The van der Waals surface area contributed by atoms with Crippen molar-refractivity contribution >= 4 is 35.5 Å². The molecule has 2 heterocycles. The summed E-state index contributed by atoms with van der Waals surface area (Å²) in [6, 6.07) is 11.3. The number of hydrogen-bond donors (Lipinski definition) is 2. The number of nitrogens with one attached hydrogen (secondary N) is 2. The van der Waals surface area contributed by atoms with Gasteiger partial charge in [0, 0.05) is 56.8 Å². The molecule has 0 atom stereocenters. The molecule has 0 aliphatic carbocycles. The molecule has 12 nitrogen and oxygen atoms in total. The summed E-state index contributed by atoms with van der Waals surface area (Å²) in [6.07, 6.45) is -0.362. The van der Waals surface area contributed by atoms with E-state index < -0.39 is 17.7 Å². The Hall–Kier alpha value is -4.61. The molecule has 2 aliphatic heterocycles. The van der Waals surface area contributed by atoms with Crippen LogP contribution in [0.4, 0.5) is 15.3 Å². The van der Waals surface area contributed by atoms with Crippen LogP contribution in [-0.4, -0.2) is 85.1 Å². The Morgan fingerprint density at radius 3 is 2.02 bits per heavy atom. The number of anilines is 1. The number of imide groups is 1. The van der Waals surface area contributed by atoms with E-state index in [1.54, 1.807) is 73.0 Å². The Bertz CT molecular complexity index is 1330. The van der Waals surface area contributed by atoms with Gasteiger partial charge in [0.05, 0.1) is 12.8 Å². The van der Waals surface area contributed by atoms with Gasteiger partial charge in [-0.25, -0.2) is 9.59 Å². The van der Waals surface area contributed by atoms with E-state index in [1.807, 2.05) is 0 Å². The Balaban J connectivity index is 1.33.